The van der Waals surface area contributed by atoms with Crippen molar-refractivity contribution in [1.29, 1.82) is 0 Å². The molecule has 2 N–H and O–H groups in total. The number of benzene rings is 1. The number of ketones is 1. The minimum atomic E-state index is -0.735. The second-order valence-corrected chi connectivity index (χ2v) is 5.28. The highest BCUT2D eigenvalue weighted by Gasteiger charge is 2.45. The fourth-order valence-corrected chi connectivity index (χ4v) is 2.55. The van der Waals surface area contributed by atoms with E-state index in [0.29, 0.717) is 18.1 Å². The molecule has 0 aromatic heterocycles. The van der Waals surface area contributed by atoms with E-state index in [0.717, 1.165) is 30.6 Å². The molecular weight excluding hydrogens is 214 g/mol. The second kappa shape index (κ2) is 3.57. The summed E-state index contributed by atoms with van der Waals surface area (Å²) in [5.74, 6) is 1.13. The Labute approximate surface area is 101 Å². The zero-order valence-electron chi connectivity index (χ0n) is 10.0. The van der Waals surface area contributed by atoms with E-state index in [1.54, 1.807) is 0 Å². The molecule has 3 heteroatoms. The Morgan fingerprint density at radius 2 is 2.24 bits per heavy atom. The van der Waals surface area contributed by atoms with Crippen LogP contribution in [0.1, 0.15) is 35.7 Å². The number of rotatable bonds is 3. The first-order chi connectivity index (χ1) is 8.10. The number of fused-ring (bicyclic) bond motifs is 1. The van der Waals surface area contributed by atoms with E-state index in [2.05, 4.69) is 0 Å². The molecule has 0 amide bonds. The molecule has 0 saturated heterocycles. The molecule has 3 nitrogen and oxygen atoms in total. The van der Waals surface area contributed by atoms with Gasteiger partial charge in [0.25, 0.3) is 0 Å². The maximum absolute atomic E-state index is 12.5. The number of para-hydroxylation sites is 1. The number of hydrogen-bond acceptors (Lipinski definition) is 3. The van der Waals surface area contributed by atoms with Gasteiger partial charge in [-0.05, 0) is 37.3 Å². The number of carbonyl (C=O) groups is 1. The molecule has 17 heavy (non-hydrogen) atoms. The Balaban J connectivity index is 1.99. The van der Waals surface area contributed by atoms with E-state index in [4.69, 9.17) is 10.5 Å². The topological polar surface area (TPSA) is 52.3 Å². The Bertz CT molecular complexity index is 475. The van der Waals surface area contributed by atoms with Crippen LogP contribution in [0.15, 0.2) is 18.2 Å². The third-order valence-electron chi connectivity index (χ3n) is 3.87. The smallest absolute Gasteiger partial charge is 0.186 e. The van der Waals surface area contributed by atoms with Crippen molar-refractivity contribution in [2.45, 2.75) is 31.7 Å². The van der Waals surface area contributed by atoms with Crippen LogP contribution in [0.4, 0.5) is 0 Å². The van der Waals surface area contributed by atoms with Gasteiger partial charge in [-0.2, -0.15) is 0 Å². The summed E-state index contributed by atoms with van der Waals surface area (Å²) in [7, 11) is 0. The third kappa shape index (κ3) is 1.65. The van der Waals surface area contributed by atoms with Crippen LogP contribution in [0, 0.1) is 5.92 Å². The van der Waals surface area contributed by atoms with Crippen LogP contribution in [0.25, 0.3) is 0 Å². The van der Waals surface area contributed by atoms with Crippen molar-refractivity contribution in [3.05, 3.63) is 29.3 Å². The Morgan fingerprint density at radius 3 is 2.94 bits per heavy atom. The monoisotopic (exact) mass is 231 g/mol. The van der Waals surface area contributed by atoms with Crippen molar-refractivity contribution in [2.24, 2.45) is 11.7 Å². The predicted molar refractivity (Wildman–Crippen MR) is 65.3 cm³/mol. The summed E-state index contributed by atoms with van der Waals surface area (Å²) in [4.78, 5) is 12.5. The van der Waals surface area contributed by atoms with Gasteiger partial charge in [-0.25, -0.2) is 0 Å². The van der Waals surface area contributed by atoms with Crippen LogP contribution in [0.2, 0.25) is 0 Å². The summed E-state index contributed by atoms with van der Waals surface area (Å²) in [6.45, 7) is 2.52. The fourth-order valence-electron chi connectivity index (χ4n) is 2.55. The van der Waals surface area contributed by atoms with Gasteiger partial charge in [0, 0.05) is 6.42 Å². The normalized spacial score (nSPS) is 21.5. The number of carbonyl (C=O) groups excluding carboxylic acids is 1. The van der Waals surface area contributed by atoms with Crippen LogP contribution in [-0.4, -0.2) is 17.9 Å². The van der Waals surface area contributed by atoms with E-state index < -0.39 is 5.54 Å². The highest BCUT2D eigenvalue weighted by molar-refractivity contribution is 6.05. The highest BCUT2D eigenvalue weighted by Crippen LogP contribution is 2.41. The molecule has 3 rings (SSSR count). The lowest BCUT2D eigenvalue weighted by Crippen LogP contribution is -2.47. The molecule has 2 aliphatic rings. The lowest BCUT2D eigenvalue weighted by molar-refractivity contribution is 0.0880. The van der Waals surface area contributed by atoms with Gasteiger partial charge in [0.2, 0.25) is 0 Å². The minimum Gasteiger partial charge on any atom is -0.492 e. The number of nitrogens with two attached hydrogens (primary N) is 1. The Kier molecular flexibility index (Phi) is 2.26. The zero-order valence-corrected chi connectivity index (χ0v) is 10.0. The average molecular weight is 231 g/mol. The molecule has 90 valence electrons. The van der Waals surface area contributed by atoms with Gasteiger partial charge < -0.3 is 10.5 Å². The molecule has 0 bridgehead atoms. The molecule has 1 aromatic rings. The van der Waals surface area contributed by atoms with Crippen molar-refractivity contribution in [2.75, 3.05) is 6.61 Å². The molecule has 0 spiro atoms. The first-order valence-electron chi connectivity index (χ1n) is 6.19. The van der Waals surface area contributed by atoms with Crippen molar-refractivity contribution in [3.63, 3.8) is 0 Å². The molecule has 1 fully saturated rings. The van der Waals surface area contributed by atoms with Gasteiger partial charge in [-0.3, -0.25) is 4.79 Å². The van der Waals surface area contributed by atoms with E-state index in [9.17, 15) is 4.79 Å². The van der Waals surface area contributed by atoms with Crippen molar-refractivity contribution >= 4 is 5.78 Å². The molecular formula is C14H17NO2. The summed E-state index contributed by atoms with van der Waals surface area (Å²) in [6.07, 6.45) is 3.02. The molecule has 1 unspecified atom stereocenters. The number of hydrogen-bond donors (Lipinski definition) is 1. The van der Waals surface area contributed by atoms with E-state index in [-0.39, 0.29) is 5.78 Å². The summed E-state index contributed by atoms with van der Waals surface area (Å²) >= 11 is 0. The van der Waals surface area contributed by atoms with Gasteiger partial charge >= 0.3 is 0 Å². The molecule has 1 saturated carbocycles. The number of Topliss-reactive ketones (excluding diaryl/α,β-unsaturated/α-hetero) is 1. The lowest BCUT2D eigenvalue weighted by Gasteiger charge is -2.23. The van der Waals surface area contributed by atoms with Crippen molar-refractivity contribution < 1.29 is 9.53 Å². The van der Waals surface area contributed by atoms with Gasteiger partial charge in [0.1, 0.15) is 5.75 Å². The molecule has 1 aliphatic carbocycles. The first kappa shape index (κ1) is 10.8. The Morgan fingerprint density at radius 1 is 1.47 bits per heavy atom. The largest absolute Gasteiger partial charge is 0.492 e. The van der Waals surface area contributed by atoms with Crippen molar-refractivity contribution in [3.8, 4) is 5.75 Å². The third-order valence-corrected chi connectivity index (χ3v) is 3.87. The van der Waals surface area contributed by atoms with Crippen LogP contribution in [0.3, 0.4) is 0 Å². The molecule has 1 heterocycles. The van der Waals surface area contributed by atoms with Crippen LogP contribution in [-0.2, 0) is 6.42 Å². The maximum Gasteiger partial charge on any atom is 0.186 e. The van der Waals surface area contributed by atoms with Gasteiger partial charge in [-0.1, -0.05) is 12.1 Å². The molecule has 1 aromatic carbocycles. The molecule has 0 radical (unpaired) electrons. The minimum absolute atomic E-state index is 0.0266. The highest BCUT2D eigenvalue weighted by atomic mass is 16.5. The standard InChI is InChI=1S/C14H17NO2/c1-14(15,10-5-6-10)13(16)11-4-2-3-9-7-8-17-12(9)11/h2-4,10H,5-8,15H2,1H3. The predicted octanol–water partition coefficient (Wildman–Crippen LogP) is 1.93. The summed E-state index contributed by atoms with van der Waals surface area (Å²) in [5.41, 5.74) is 7.24. The van der Waals surface area contributed by atoms with Gasteiger partial charge in [-0.15, -0.1) is 0 Å². The first-order valence-corrected chi connectivity index (χ1v) is 6.19. The van der Waals surface area contributed by atoms with Crippen LogP contribution < -0.4 is 10.5 Å². The number of ether oxygens (including phenoxy) is 1. The summed E-state index contributed by atoms with van der Waals surface area (Å²) < 4.78 is 5.57. The molecule has 1 aliphatic heterocycles. The van der Waals surface area contributed by atoms with E-state index >= 15 is 0 Å². The SMILES string of the molecule is CC(N)(C(=O)c1cccc2c1OCC2)C1CC1. The fraction of sp³-hybridized carbons (Fsp3) is 0.500. The van der Waals surface area contributed by atoms with Crippen LogP contribution >= 0.6 is 0 Å². The second-order valence-electron chi connectivity index (χ2n) is 5.28. The Hall–Kier alpha value is -1.35. The quantitative estimate of drug-likeness (QED) is 0.809. The van der Waals surface area contributed by atoms with E-state index in [1.165, 1.54) is 0 Å². The molecule has 1 atom stereocenters. The lowest BCUT2D eigenvalue weighted by atomic mass is 9.86. The van der Waals surface area contributed by atoms with Gasteiger partial charge in [0.05, 0.1) is 17.7 Å². The van der Waals surface area contributed by atoms with Crippen molar-refractivity contribution in [1.82, 2.24) is 0 Å². The average Bonchev–Trinajstić information content (AvgIpc) is 3.07. The summed E-state index contributed by atoms with van der Waals surface area (Å²) in [6, 6.07) is 5.77. The van der Waals surface area contributed by atoms with E-state index in [1.807, 2.05) is 25.1 Å². The maximum atomic E-state index is 12.5. The van der Waals surface area contributed by atoms with Crippen LogP contribution in [0.5, 0.6) is 5.75 Å². The zero-order chi connectivity index (χ0) is 12.0. The van der Waals surface area contributed by atoms with Gasteiger partial charge in [0.15, 0.2) is 5.78 Å². The summed E-state index contributed by atoms with van der Waals surface area (Å²) in [5, 5.41) is 0.